The molecule has 0 unspecified atom stereocenters. The lowest BCUT2D eigenvalue weighted by atomic mass is 9.91. The molecule has 2 fully saturated rings. The first-order valence-corrected chi connectivity index (χ1v) is 11.7. The van der Waals surface area contributed by atoms with Gasteiger partial charge in [0.25, 0.3) is 0 Å². The molecule has 3 aromatic rings. The molecule has 0 atom stereocenters. The summed E-state index contributed by atoms with van der Waals surface area (Å²) in [4.78, 5) is 21.8. The summed E-state index contributed by atoms with van der Waals surface area (Å²) < 4.78 is 2.43. The van der Waals surface area contributed by atoms with E-state index in [9.17, 15) is 0 Å². The van der Waals surface area contributed by atoms with Crippen LogP contribution in [0.15, 0.2) is 30.6 Å². The van der Waals surface area contributed by atoms with E-state index in [1.165, 1.54) is 30.6 Å². The zero-order chi connectivity index (χ0) is 20.8. The second kappa shape index (κ2) is 7.88. The molecule has 1 aliphatic carbocycles. The first-order chi connectivity index (χ1) is 15.2. The minimum absolute atomic E-state index is 0.806. The van der Waals surface area contributed by atoms with E-state index in [1.54, 1.807) is 0 Å². The normalized spacial score (nSPS) is 21.1. The highest BCUT2D eigenvalue weighted by molar-refractivity contribution is 5.82. The zero-order valence-electron chi connectivity index (χ0n) is 18.4. The van der Waals surface area contributed by atoms with Crippen LogP contribution < -0.4 is 4.90 Å². The van der Waals surface area contributed by atoms with Crippen LogP contribution >= 0.6 is 0 Å². The Kier molecular flexibility index (Phi) is 4.88. The van der Waals surface area contributed by atoms with Crippen LogP contribution in [0.3, 0.4) is 0 Å². The third-order valence-electron chi connectivity index (χ3n) is 7.41. The van der Waals surface area contributed by atoms with Crippen molar-refractivity contribution in [3.05, 3.63) is 36.4 Å². The SMILES string of the molecule is CN1CCN(c2cnc(-c3ccc4nc5n(c4c3)CCN(C3CCC3)CC5)cn2)CC1. The molecule has 7 nitrogen and oxygen atoms in total. The van der Waals surface area contributed by atoms with Crippen LogP contribution in [-0.2, 0) is 13.0 Å². The fourth-order valence-corrected chi connectivity index (χ4v) is 5.14. The molecule has 4 heterocycles. The van der Waals surface area contributed by atoms with Crippen molar-refractivity contribution in [1.29, 1.82) is 0 Å². The van der Waals surface area contributed by atoms with Crippen LogP contribution in [0.25, 0.3) is 22.3 Å². The Bertz CT molecular complexity index is 1060. The molecule has 0 radical (unpaired) electrons. The van der Waals surface area contributed by atoms with Crippen LogP contribution in [0.4, 0.5) is 5.82 Å². The first kappa shape index (κ1) is 19.2. The second-order valence-corrected chi connectivity index (χ2v) is 9.30. The summed E-state index contributed by atoms with van der Waals surface area (Å²) in [6.07, 6.45) is 9.03. The number of nitrogens with zero attached hydrogens (tertiary/aromatic N) is 7. The number of hydrogen-bond acceptors (Lipinski definition) is 6. The van der Waals surface area contributed by atoms with Crippen molar-refractivity contribution in [3.63, 3.8) is 0 Å². The van der Waals surface area contributed by atoms with E-state index in [4.69, 9.17) is 15.0 Å². The van der Waals surface area contributed by atoms with Crippen molar-refractivity contribution in [2.24, 2.45) is 0 Å². The minimum atomic E-state index is 0.806. The molecule has 6 rings (SSSR count). The molecular weight excluding hydrogens is 386 g/mol. The fraction of sp³-hybridized carbons (Fsp3) is 0.542. The maximum atomic E-state index is 4.96. The smallest absolute Gasteiger partial charge is 0.147 e. The molecule has 0 bridgehead atoms. The highest BCUT2D eigenvalue weighted by Gasteiger charge is 2.27. The van der Waals surface area contributed by atoms with Gasteiger partial charge in [-0.15, -0.1) is 0 Å². The van der Waals surface area contributed by atoms with Gasteiger partial charge in [0.1, 0.15) is 11.6 Å². The number of benzene rings is 1. The molecule has 0 spiro atoms. The van der Waals surface area contributed by atoms with Gasteiger partial charge in [-0.1, -0.05) is 12.5 Å². The summed E-state index contributed by atoms with van der Waals surface area (Å²) in [6, 6.07) is 7.34. The summed E-state index contributed by atoms with van der Waals surface area (Å²) in [5.41, 5.74) is 4.37. The number of anilines is 1. The van der Waals surface area contributed by atoms with E-state index < -0.39 is 0 Å². The van der Waals surface area contributed by atoms with Crippen molar-refractivity contribution in [2.75, 3.05) is 51.2 Å². The fourth-order valence-electron chi connectivity index (χ4n) is 5.14. The van der Waals surface area contributed by atoms with Gasteiger partial charge in [-0.25, -0.2) is 9.97 Å². The standard InChI is InChI=1S/C24H31N7/c1-28-9-11-30(12-10-28)24-17-25-21(16-26-24)18-5-6-20-22(15-18)31-14-13-29(19-3-2-4-19)8-7-23(31)27-20/h5-6,15-17,19H,2-4,7-14H2,1H3. The Morgan fingerprint density at radius 3 is 2.52 bits per heavy atom. The topological polar surface area (TPSA) is 53.3 Å². The lowest BCUT2D eigenvalue weighted by Gasteiger charge is -2.36. The number of imidazole rings is 1. The molecule has 162 valence electrons. The lowest BCUT2D eigenvalue weighted by Crippen LogP contribution is -2.44. The van der Waals surface area contributed by atoms with Gasteiger partial charge < -0.3 is 14.4 Å². The van der Waals surface area contributed by atoms with E-state index in [1.807, 2.05) is 12.4 Å². The third kappa shape index (κ3) is 3.59. The molecule has 3 aliphatic rings. The Labute approximate surface area is 183 Å². The highest BCUT2D eigenvalue weighted by Crippen LogP contribution is 2.29. The number of fused-ring (bicyclic) bond motifs is 3. The summed E-state index contributed by atoms with van der Waals surface area (Å²) in [5, 5.41) is 0. The quantitative estimate of drug-likeness (QED) is 0.653. The van der Waals surface area contributed by atoms with Crippen LogP contribution in [0.1, 0.15) is 25.1 Å². The number of aromatic nitrogens is 4. The van der Waals surface area contributed by atoms with Gasteiger partial charge in [-0.2, -0.15) is 0 Å². The third-order valence-corrected chi connectivity index (χ3v) is 7.41. The molecule has 2 aromatic heterocycles. The second-order valence-electron chi connectivity index (χ2n) is 9.30. The summed E-state index contributed by atoms with van der Waals surface area (Å²) >= 11 is 0. The van der Waals surface area contributed by atoms with Crippen molar-refractivity contribution in [3.8, 4) is 11.3 Å². The van der Waals surface area contributed by atoms with E-state index in [0.717, 1.165) is 80.9 Å². The average molecular weight is 418 g/mol. The Morgan fingerprint density at radius 1 is 0.903 bits per heavy atom. The molecule has 0 amide bonds. The molecule has 1 saturated carbocycles. The van der Waals surface area contributed by atoms with Gasteiger partial charge in [0.15, 0.2) is 0 Å². The predicted octanol–water partition coefficient (Wildman–Crippen LogP) is 2.66. The zero-order valence-corrected chi connectivity index (χ0v) is 18.4. The number of rotatable bonds is 3. The van der Waals surface area contributed by atoms with Gasteiger partial charge in [0.05, 0.1) is 29.1 Å². The minimum Gasteiger partial charge on any atom is -0.353 e. The van der Waals surface area contributed by atoms with Gasteiger partial charge in [-0.3, -0.25) is 9.88 Å². The van der Waals surface area contributed by atoms with E-state index in [2.05, 4.69) is 44.5 Å². The molecular formula is C24H31N7. The molecule has 31 heavy (non-hydrogen) atoms. The molecule has 0 N–H and O–H groups in total. The Balaban J connectivity index is 1.24. The number of likely N-dealkylation sites (N-methyl/N-ethyl adjacent to an activating group) is 1. The average Bonchev–Trinajstić information content (AvgIpc) is 2.99. The van der Waals surface area contributed by atoms with E-state index >= 15 is 0 Å². The van der Waals surface area contributed by atoms with Crippen LogP contribution in [0, 0.1) is 0 Å². The summed E-state index contributed by atoms with van der Waals surface area (Å²) in [6.45, 7) is 7.47. The maximum absolute atomic E-state index is 4.96. The monoisotopic (exact) mass is 417 g/mol. The van der Waals surface area contributed by atoms with Crippen LogP contribution in [-0.4, -0.2) is 81.7 Å². The largest absolute Gasteiger partial charge is 0.353 e. The molecule has 7 heteroatoms. The molecule has 1 aromatic carbocycles. The Hall–Kier alpha value is -2.51. The molecule has 1 saturated heterocycles. The maximum Gasteiger partial charge on any atom is 0.147 e. The highest BCUT2D eigenvalue weighted by atomic mass is 15.3. The van der Waals surface area contributed by atoms with Crippen LogP contribution in [0.2, 0.25) is 0 Å². The van der Waals surface area contributed by atoms with Crippen LogP contribution in [0.5, 0.6) is 0 Å². The summed E-state index contributed by atoms with van der Waals surface area (Å²) in [5.74, 6) is 2.21. The summed E-state index contributed by atoms with van der Waals surface area (Å²) in [7, 11) is 2.17. The predicted molar refractivity (Wildman–Crippen MR) is 123 cm³/mol. The lowest BCUT2D eigenvalue weighted by molar-refractivity contribution is 0.130. The number of hydrogen-bond donors (Lipinski definition) is 0. The van der Waals surface area contributed by atoms with Crippen molar-refractivity contribution < 1.29 is 0 Å². The van der Waals surface area contributed by atoms with E-state index in [0.29, 0.717) is 0 Å². The molecule has 2 aliphatic heterocycles. The van der Waals surface area contributed by atoms with E-state index in [-0.39, 0.29) is 0 Å². The van der Waals surface area contributed by atoms with Crippen molar-refractivity contribution in [1.82, 2.24) is 29.3 Å². The van der Waals surface area contributed by atoms with Crippen molar-refractivity contribution >= 4 is 16.9 Å². The van der Waals surface area contributed by atoms with Gasteiger partial charge in [0, 0.05) is 63.8 Å². The first-order valence-electron chi connectivity index (χ1n) is 11.7. The van der Waals surface area contributed by atoms with Gasteiger partial charge >= 0.3 is 0 Å². The van der Waals surface area contributed by atoms with Crippen molar-refractivity contribution in [2.45, 2.75) is 38.3 Å². The van der Waals surface area contributed by atoms with Gasteiger partial charge in [-0.05, 0) is 32.0 Å². The van der Waals surface area contributed by atoms with Gasteiger partial charge in [0.2, 0.25) is 0 Å². The Morgan fingerprint density at radius 2 is 1.77 bits per heavy atom. The number of piperazine rings is 1.